The van der Waals surface area contributed by atoms with E-state index in [1.54, 1.807) is 36.1 Å². The lowest BCUT2D eigenvalue weighted by Gasteiger charge is -2.35. The van der Waals surface area contributed by atoms with Crippen molar-refractivity contribution in [1.82, 2.24) is 4.90 Å². The quantitative estimate of drug-likeness (QED) is 0.494. The van der Waals surface area contributed by atoms with E-state index in [1.807, 2.05) is 19.9 Å². The average Bonchev–Trinajstić information content (AvgIpc) is 2.62. The molecule has 2 unspecified atom stereocenters. The largest absolute Gasteiger partial charge is 0.462 e. The molecule has 1 saturated heterocycles. The second-order valence-electron chi connectivity index (χ2n) is 6.08. The highest BCUT2D eigenvalue weighted by Crippen LogP contribution is 2.15. The van der Waals surface area contributed by atoms with E-state index in [-0.39, 0.29) is 23.7 Å². The maximum atomic E-state index is 12.5. The minimum absolute atomic E-state index is 0.0146. The number of esters is 1. The van der Waals surface area contributed by atoms with Crippen molar-refractivity contribution in [2.24, 2.45) is 0 Å². The third-order valence-corrected chi connectivity index (χ3v) is 3.84. The Morgan fingerprint density at radius 1 is 1.31 bits per heavy atom. The van der Waals surface area contributed by atoms with Gasteiger partial charge in [0.25, 0.3) is 5.91 Å². The van der Waals surface area contributed by atoms with Crippen LogP contribution in [-0.2, 0) is 14.3 Å². The van der Waals surface area contributed by atoms with Crippen LogP contribution >= 0.6 is 0 Å². The van der Waals surface area contributed by atoms with Gasteiger partial charge in [-0.15, -0.1) is 0 Å². The zero-order valence-corrected chi connectivity index (χ0v) is 15.2. The minimum atomic E-state index is -0.391. The lowest BCUT2D eigenvalue weighted by molar-refractivity contribution is -0.138. The number of amides is 1. The van der Waals surface area contributed by atoms with Crippen LogP contribution in [-0.4, -0.2) is 48.7 Å². The molecule has 0 spiro atoms. The van der Waals surface area contributed by atoms with Gasteiger partial charge in [0, 0.05) is 25.0 Å². The third-order valence-electron chi connectivity index (χ3n) is 3.84. The first-order valence-electron chi connectivity index (χ1n) is 8.53. The number of morpholine rings is 1. The Labute approximate surface area is 153 Å². The Balaban J connectivity index is 2.03. The Hall–Kier alpha value is -2.85. The van der Waals surface area contributed by atoms with Crippen molar-refractivity contribution < 1.29 is 19.1 Å². The van der Waals surface area contributed by atoms with Crippen LogP contribution in [0, 0.1) is 11.3 Å². The maximum Gasteiger partial charge on any atom is 0.338 e. The molecule has 1 aromatic rings. The van der Waals surface area contributed by atoms with Crippen LogP contribution in [0.5, 0.6) is 0 Å². The summed E-state index contributed by atoms with van der Waals surface area (Å²) in [6.07, 6.45) is 1.25. The summed E-state index contributed by atoms with van der Waals surface area (Å²) in [5.41, 5.74) is 1.11. The van der Waals surface area contributed by atoms with Crippen LogP contribution in [0.2, 0.25) is 0 Å². The molecule has 26 heavy (non-hydrogen) atoms. The molecule has 2 rings (SSSR count). The summed E-state index contributed by atoms with van der Waals surface area (Å²) in [6, 6.07) is 8.54. The fourth-order valence-electron chi connectivity index (χ4n) is 2.73. The molecule has 1 heterocycles. The van der Waals surface area contributed by atoms with E-state index in [1.165, 1.54) is 6.20 Å². The van der Waals surface area contributed by atoms with Crippen molar-refractivity contribution in [2.75, 3.05) is 25.0 Å². The Bertz CT molecular complexity index is 711. The van der Waals surface area contributed by atoms with Gasteiger partial charge in [-0.1, -0.05) is 0 Å². The fraction of sp³-hybridized carbons (Fsp3) is 0.421. The number of carbonyl (C=O) groups excluding carboxylic acids is 2. The van der Waals surface area contributed by atoms with Crippen LogP contribution in [0.15, 0.2) is 36.0 Å². The van der Waals surface area contributed by atoms with E-state index in [4.69, 9.17) is 9.47 Å². The highest BCUT2D eigenvalue weighted by atomic mass is 16.5. The number of rotatable bonds is 5. The predicted octanol–water partition coefficient (Wildman–Crippen LogP) is 2.32. The van der Waals surface area contributed by atoms with E-state index in [0.29, 0.717) is 30.9 Å². The molecule has 7 heteroatoms. The van der Waals surface area contributed by atoms with Crippen molar-refractivity contribution in [2.45, 2.75) is 33.0 Å². The number of nitrogens with one attached hydrogen (secondary N) is 1. The van der Waals surface area contributed by atoms with Gasteiger partial charge in [0.1, 0.15) is 11.6 Å². The van der Waals surface area contributed by atoms with Crippen molar-refractivity contribution in [3.8, 4) is 6.07 Å². The monoisotopic (exact) mass is 357 g/mol. The Kier molecular flexibility index (Phi) is 6.75. The standard InChI is InChI=1S/C19H23N3O4/c1-4-25-19(24)15-5-7-17(8-6-15)21-10-16(9-20)18(23)22-11-13(2)26-14(3)12-22/h5-8,10,13-14,21H,4,11-12H2,1-3H3/b16-10-. The SMILES string of the molecule is CCOC(=O)c1ccc(N/C=C(/C#N)C(=O)N2CC(C)OC(C)C2)cc1. The number of carbonyl (C=O) groups is 2. The Morgan fingerprint density at radius 2 is 1.92 bits per heavy atom. The topological polar surface area (TPSA) is 91.7 Å². The van der Waals surface area contributed by atoms with E-state index >= 15 is 0 Å². The third kappa shape index (κ3) is 5.07. The van der Waals surface area contributed by atoms with Crippen LogP contribution in [0.4, 0.5) is 5.69 Å². The zero-order chi connectivity index (χ0) is 19.1. The average molecular weight is 357 g/mol. The van der Waals surface area contributed by atoms with E-state index in [2.05, 4.69) is 5.32 Å². The molecule has 0 aromatic heterocycles. The summed E-state index contributed by atoms with van der Waals surface area (Å²) < 4.78 is 10.5. The summed E-state index contributed by atoms with van der Waals surface area (Å²) in [5, 5.41) is 12.2. The van der Waals surface area contributed by atoms with Gasteiger partial charge < -0.3 is 19.7 Å². The van der Waals surface area contributed by atoms with Crippen molar-refractivity contribution in [1.29, 1.82) is 5.26 Å². The highest BCUT2D eigenvalue weighted by Gasteiger charge is 2.27. The van der Waals surface area contributed by atoms with Crippen LogP contribution in [0.25, 0.3) is 0 Å². The highest BCUT2D eigenvalue weighted by molar-refractivity contribution is 5.97. The predicted molar refractivity (Wildman–Crippen MR) is 96.3 cm³/mol. The molecule has 1 fully saturated rings. The van der Waals surface area contributed by atoms with Crippen molar-refractivity contribution in [3.63, 3.8) is 0 Å². The zero-order valence-electron chi connectivity index (χ0n) is 15.2. The summed E-state index contributed by atoms with van der Waals surface area (Å²) in [6.45, 7) is 6.76. The van der Waals surface area contributed by atoms with Gasteiger partial charge in [-0.3, -0.25) is 4.79 Å². The number of nitriles is 1. The van der Waals surface area contributed by atoms with Gasteiger partial charge in [-0.2, -0.15) is 5.26 Å². The first kappa shape index (κ1) is 19.5. The summed E-state index contributed by atoms with van der Waals surface area (Å²) in [7, 11) is 0. The number of hydrogen-bond donors (Lipinski definition) is 1. The molecular formula is C19H23N3O4. The fourth-order valence-corrected chi connectivity index (χ4v) is 2.73. The van der Waals surface area contributed by atoms with E-state index in [9.17, 15) is 14.9 Å². The van der Waals surface area contributed by atoms with Gasteiger partial charge in [0.15, 0.2) is 0 Å². The van der Waals surface area contributed by atoms with Crippen LogP contribution in [0.3, 0.4) is 0 Å². The molecule has 0 aliphatic carbocycles. The first-order chi connectivity index (χ1) is 12.4. The van der Waals surface area contributed by atoms with E-state index in [0.717, 1.165) is 0 Å². The van der Waals surface area contributed by atoms with Crippen LogP contribution in [0.1, 0.15) is 31.1 Å². The molecule has 1 N–H and O–H groups in total. The van der Waals surface area contributed by atoms with Crippen LogP contribution < -0.4 is 5.32 Å². The maximum absolute atomic E-state index is 12.5. The van der Waals surface area contributed by atoms with Gasteiger partial charge in [0.05, 0.1) is 24.4 Å². The molecule has 1 amide bonds. The smallest absolute Gasteiger partial charge is 0.338 e. The summed E-state index contributed by atoms with van der Waals surface area (Å²) in [5.74, 6) is -0.719. The van der Waals surface area contributed by atoms with Gasteiger partial charge >= 0.3 is 5.97 Å². The second-order valence-corrected chi connectivity index (χ2v) is 6.08. The number of ether oxygens (including phenoxy) is 2. The molecule has 138 valence electrons. The first-order valence-corrected chi connectivity index (χ1v) is 8.53. The molecule has 1 aliphatic rings. The number of hydrogen-bond acceptors (Lipinski definition) is 6. The number of anilines is 1. The van der Waals surface area contributed by atoms with Gasteiger partial charge in [-0.25, -0.2) is 4.79 Å². The van der Waals surface area contributed by atoms with Crippen molar-refractivity contribution >= 4 is 17.6 Å². The Morgan fingerprint density at radius 3 is 2.46 bits per heavy atom. The van der Waals surface area contributed by atoms with Crippen molar-refractivity contribution in [3.05, 3.63) is 41.6 Å². The molecule has 7 nitrogen and oxygen atoms in total. The summed E-state index contributed by atoms with van der Waals surface area (Å²) >= 11 is 0. The minimum Gasteiger partial charge on any atom is -0.462 e. The molecule has 0 radical (unpaired) electrons. The molecule has 2 atom stereocenters. The molecule has 1 aromatic carbocycles. The molecule has 0 bridgehead atoms. The molecular weight excluding hydrogens is 334 g/mol. The number of nitrogens with zero attached hydrogens (tertiary/aromatic N) is 2. The summed E-state index contributed by atoms with van der Waals surface area (Å²) in [4.78, 5) is 25.8. The van der Waals surface area contributed by atoms with Gasteiger partial charge in [-0.05, 0) is 45.0 Å². The van der Waals surface area contributed by atoms with E-state index < -0.39 is 5.97 Å². The number of benzene rings is 1. The normalized spacial score (nSPS) is 20.2. The molecule has 0 saturated carbocycles. The molecule has 1 aliphatic heterocycles. The second kappa shape index (κ2) is 9.02. The lowest BCUT2D eigenvalue weighted by atomic mass is 10.2. The lowest BCUT2D eigenvalue weighted by Crippen LogP contribution is -2.48. The van der Waals surface area contributed by atoms with Gasteiger partial charge in [0.2, 0.25) is 0 Å².